The van der Waals surface area contributed by atoms with Crippen molar-refractivity contribution in [1.29, 1.82) is 0 Å². The number of carboxylic acid groups (broad SMARTS) is 1. The quantitative estimate of drug-likeness (QED) is 0.841. The molecule has 4 nitrogen and oxygen atoms in total. The molecule has 0 spiro atoms. The molecule has 21 heavy (non-hydrogen) atoms. The Morgan fingerprint density at radius 2 is 1.86 bits per heavy atom. The molecular weight excluding hydrogens is 280 g/mol. The van der Waals surface area contributed by atoms with E-state index in [2.05, 4.69) is 0 Å². The summed E-state index contributed by atoms with van der Waals surface area (Å²) in [5.41, 5.74) is -0.215. The van der Waals surface area contributed by atoms with Crippen molar-refractivity contribution in [2.75, 3.05) is 11.4 Å². The van der Waals surface area contributed by atoms with Crippen molar-refractivity contribution in [2.45, 2.75) is 33.1 Å². The summed E-state index contributed by atoms with van der Waals surface area (Å²) in [7, 11) is 0. The van der Waals surface area contributed by atoms with E-state index in [1.165, 1.54) is 0 Å². The van der Waals surface area contributed by atoms with Crippen LogP contribution in [0.15, 0.2) is 18.2 Å². The third kappa shape index (κ3) is 4.51. The predicted molar refractivity (Wildman–Crippen MR) is 75.0 cm³/mol. The lowest BCUT2D eigenvalue weighted by Crippen LogP contribution is -2.38. The molecule has 0 atom stereocenters. The van der Waals surface area contributed by atoms with Crippen molar-refractivity contribution in [1.82, 2.24) is 0 Å². The zero-order valence-electron chi connectivity index (χ0n) is 12.1. The van der Waals surface area contributed by atoms with E-state index in [-0.39, 0.29) is 30.5 Å². The minimum absolute atomic E-state index is 0.189. The molecule has 0 aliphatic carbocycles. The summed E-state index contributed by atoms with van der Waals surface area (Å²) in [6, 6.07) is 2.80. The molecule has 116 valence electrons. The summed E-state index contributed by atoms with van der Waals surface area (Å²) in [5.74, 6) is -3.26. The Bertz CT molecular complexity index is 516. The number of halogens is 2. The highest BCUT2D eigenvalue weighted by molar-refractivity contribution is 5.95. The van der Waals surface area contributed by atoms with Crippen LogP contribution in [-0.2, 0) is 9.59 Å². The van der Waals surface area contributed by atoms with Gasteiger partial charge in [0, 0.05) is 18.5 Å². The molecule has 0 aromatic heterocycles. The summed E-state index contributed by atoms with van der Waals surface area (Å²) in [6.45, 7) is 3.46. The molecule has 0 aliphatic heterocycles. The molecule has 0 unspecified atom stereocenters. The smallest absolute Gasteiger partial charge is 0.305 e. The van der Waals surface area contributed by atoms with Crippen LogP contribution < -0.4 is 4.90 Å². The highest BCUT2D eigenvalue weighted by Crippen LogP contribution is 2.24. The first-order chi connectivity index (χ1) is 9.90. The first kappa shape index (κ1) is 17.1. The zero-order chi connectivity index (χ0) is 16.0. The second-order valence-electron chi connectivity index (χ2n) is 4.74. The van der Waals surface area contributed by atoms with Crippen LogP contribution in [-0.4, -0.2) is 23.5 Å². The Hall–Kier alpha value is -1.98. The van der Waals surface area contributed by atoms with Crippen LogP contribution in [0.25, 0.3) is 0 Å². The number of hydrogen-bond donors (Lipinski definition) is 1. The predicted octanol–water partition coefficient (Wildman–Crippen LogP) is 3.21. The SMILES string of the molecule is CCC(CC)C(=O)N(CCC(=O)O)c1cc(F)ccc1F. The molecule has 1 N–H and O–H groups in total. The van der Waals surface area contributed by atoms with E-state index in [0.717, 1.165) is 23.1 Å². The number of carboxylic acids is 1. The van der Waals surface area contributed by atoms with E-state index in [1.54, 1.807) is 0 Å². The van der Waals surface area contributed by atoms with E-state index in [0.29, 0.717) is 12.8 Å². The largest absolute Gasteiger partial charge is 0.481 e. The molecule has 0 radical (unpaired) electrons. The van der Waals surface area contributed by atoms with Gasteiger partial charge in [-0.1, -0.05) is 13.8 Å². The van der Waals surface area contributed by atoms with Crippen LogP contribution in [0.2, 0.25) is 0 Å². The van der Waals surface area contributed by atoms with Crippen LogP contribution in [0.3, 0.4) is 0 Å². The number of rotatable bonds is 7. The van der Waals surface area contributed by atoms with Gasteiger partial charge in [0.05, 0.1) is 12.1 Å². The fourth-order valence-electron chi connectivity index (χ4n) is 2.11. The van der Waals surface area contributed by atoms with Gasteiger partial charge in [-0.3, -0.25) is 9.59 Å². The highest BCUT2D eigenvalue weighted by Gasteiger charge is 2.25. The van der Waals surface area contributed by atoms with Gasteiger partial charge in [0.15, 0.2) is 0 Å². The van der Waals surface area contributed by atoms with Crippen LogP contribution >= 0.6 is 0 Å². The summed E-state index contributed by atoms with van der Waals surface area (Å²) < 4.78 is 27.2. The zero-order valence-corrected chi connectivity index (χ0v) is 12.1. The third-order valence-corrected chi connectivity index (χ3v) is 3.35. The van der Waals surface area contributed by atoms with Gasteiger partial charge < -0.3 is 10.0 Å². The van der Waals surface area contributed by atoms with Gasteiger partial charge in [0.25, 0.3) is 0 Å². The average molecular weight is 299 g/mol. The van der Waals surface area contributed by atoms with Crippen LogP contribution in [0.4, 0.5) is 14.5 Å². The van der Waals surface area contributed by atoms with Crippen molar-refractivity contribution in [3.63, 3.8) is 0 Å². The lowest BCUT2D eigenvalue weighted by Gasteiger charge is -2.26. The van der Waals surface area contributed by atoms with Crippen molar-refractivity contribution >= 4 is 17.6 Å². The molecule has 1 aromatic carbocycles. The number of aliphatic carboxylic acids is 1. The molecule has 6 heteroatoms. The van der Waals surface area contributed by atoms with Crippen molar-refractivity contribution in [3.05, 3.63) is 29.8 Å². The number of carbonyl (C=O) groups is 2. The lowest BCUT2D eigenvalue weighted by atomic mass is 10.0. The number of benzene rings is 1. The first-order valence-electron chi connectivity index (χ1n) is 6.88. The Labute approximate surface area is 122 Å². The Morgan fingerprint density at radius 3 is 2.38 bits per heavy atom. The van der Waals surface area contributed by atoms with Gasteiger partial charge in [0.2, 0.25) is 5.91 Å². The molecule has 1 amide bonds. The fraction of sp³-hybridized carbons (Fsp3) is 0.467. The molecule has 0 aliphatic rings. The van der Waals surface area contributed by atoms with E-state index in [9.17, 15) is 18.4 Å². The maximum Gasteiger partial charge on any atom is 0.305 e. The number of hydrogen-bond acceptors (Lipinski definition) is 2. The maximum atomic E-state index is 13.9. The average Bonchev–Trinajstić information content (AvgIpc) is 2.43. The van der Waals surface area contributed by atoms with E-state index >= 15 is 0 Å². The van der Waals surface area contributed by atoms with Crippen molar-refractivity contribution in [3.8, 4) is 0 Å². The van der Waals surface area contributed by atoms with E-state index in [1.807, 2.05) is 13.8 Å². The molecule has 0 fully saturated rings. The second-order valence-corrected chi connectivity index (χ2v) is 4.74. The Kier molecular flexibility index (Phi) is 6.27. The molecule has 0 saturated carbocycles. The van der Waals surface area contributed by atoms with Gasteiger partial charge in [0.1, 0.15) is 11.6 Å². The third-order valence-electron chi connectivity index (χ3n) is 3.35. The molecule has 0 bridgehead atoms. The maximum absolute atomic E-state index is 13.9. The second kappa shape index (κ2) is 7.71. The number of nitrogens with zero attached hydrogens (tertiary/aromatic N) is 1. The molecule has 0 saturated heterocycles. The number of anilines is 1. The summed E-state index contributed by atoms with van der Waals surface area (Å²) >= 11 is 0. The summed E-state index contributed by atoms with van der Waals surface area (Å²) in [4.78, 5) is 24.2. The van der Waals surface area contributed by atoms with Crippen LogP contribution in [0.5, 0.6) is 0 Å². The minimum atomic E-state index is -1.10. The van der Waals surface area contributed by atoms with Gasteiger partial charge in [-0.05, 0) is 25.0 Å². The molecular formula is C15H19F2NO3. The Balaban J connectivity index is 3.14. The normalized spacial score (nSPS) is 10.7. The van der Waals surface area contributed by atoms with E-state index in [4.69, 9.17) is 5.11 Å². The van der Waals surface area contributed by atoms with Gasteiger partial charge in [-0.25, -0.2) is 8.78 Å². The topological polar surface area (TPSA) is 57.6 Å². The van der Waals surface area contributed by atoms with Crippen molar-refractivity contribution < 1.29 is 23.5 Å². The van der Waals surface area contributed by atoms with Gasteiger partial charge in [-0.15, -0.1) is 0 Å². The summed E-state index contributed by atoms with van der Waals surface area (Å²) in [6.07, 6.45) is 0.771. The summed E-state index contributed by atoms with van der Waals surface area (Å²) in [5, 5.41) is 8.76. The number of amides is 1. The minimum Gasteiger partial charge on any atom is -0.481 e. The van der Waals surface area contributed by atoms with Crippen molar-refractivity contribution in [2.24, 2.45) is 5.92 Å². The van der Waals surface area contributed by atoms with Crippen LogP contribution in [0.1, 0.15) is 33.1 Å². The Morgan fingerprint density at radius 1 is 1.24 bits per heavy atom. The standard InChI is InChI=1S/C15H19F2NO3/c1-3-10(4-2)15(21)18(8-7-14(19)20)13-9-11(16)5-6-12(13)17/h5-6,9-10H,3-4,7-8H2,1-2H3,(H,19,20). The lowest BCUT2D eigenvalue weighted by molar-refractivity contribution is -0.136. The fourth-order valence-corrected chi connectivity index (χ4v) is 2.11. The molecule has 0 heterocycles. The highest BCUT2D eigenvalue weighted by atomic mass is 19.1. The molecule has 1 rings (SSSR count). The van der Waals surface area contributed by atoms with E-state index < -0.39 is 17.6 Å². The first-order valence-corrected chi connectivity index (χ1v) is 6.88. The molecule has 1 aromatic rings. The number of carbonyl (C=O) groups excluding carboxylic acids is 1. The monoisotopic (exact) mass is 299 g/mol. The van der Waals surface area contributed by atoms with Crippen LogP contribution in [0, 0.1) is 17.6 Å². The van der Waals surface area contributed by atoms with Gasteiger partial charge in [-0.2, -0.15) is 0 Å². The van der Waals surface area contributed by atoms with Gasteiger partial charge >= 0.3 is 5.97 Å².